The maximum Gasteiger partial charge on any atom is 0.254 e. The van der Waals surface area contributed by atoms with Crippen molar-refractivity contribution in [3.05, 3.63) is 20.8 Å². The molecule has 1 aromatic heterocycles. The third-order valence-electron chi connectivity index (χ3n) is 3.07. The highest BCUT2D eigenvalue weighted by Gasteiger charge is 2.29. The summed E-state index contributed by atoms with van der Waals surface area (Å²) in [6.45, 7) is 3.64. The van der Waals surface area contributed by atoms with Crippen LogP contribution in [0.5, 0.6) is 0 Å². The molecule has 2 atom stereocenters. The van der Waals surface area contributed by atoms with Crippen LogP contribution in [0.3, 0.4) is 0 Å². The van der Waals surface area contributed by atoms with Gasteiger partial charge in [-0.2, -0.15) is 0 Å². The fraction of sp³-hybridized carbons (Fsp3) is 0.545. The zero-order valence-corrected chi connectivity index (χ0v) is 12.8. The van der Waals surface area contributed by atoms with E-state index < -0.39 is 0 Å². The molecule has 1 aliphatic rings. The van der Waals surface area contributed by atoms with Crippen molar-refractivity contribution >= 4 is 45.6 Å². The molecule has 6 heteroatoms. The van der Waals surface area contributed by atoms with E-state index in [4.69, 9.17) is 5.73 Å². The van der Waals surface area contributed by atoms with Crippen LogP contribution < -0.4 is 5.73 Å². The van der Waals surface area contributed by atoms with Gasteiger partial charge in [-0.1, -0.05) is 0 Å². The van der Waals surface area contributed by atoms with Gasteiger partial charge in [-0.05, 0) is 41.3 Å². The van der Waals surface area contributed by atoms with Crippen LogP contribution in [0.1, 0.15) is 23.7 Å². The van der Waals surface area contributed by atoms with Crippen LogP contribution in [-0.4, -0.2) is 29.9 Å². The molecule has 1 aromatic rings. The largest absolute Gasteiger partial charge is 0.338 e. The fourth-order valence-electron chi connectivity index (χ4n) is 2.01. The first-order valence-electron chi connectivity index (χ1n) is 5.37. The number of hydrogen-bond acceptors (Lipinski definition) is 3. The summed E-state index contributed by atoms with van der Waals surface area (Å²) in [5, 5.41) is 1.89. The molecular formula is C11H16BrClN2OS. The quantitative estimate of drug-likeness (QED) is 0.900. The van der Waals surface area contributed by atoms with Crippen LogP contribution in [-0.2, 0) is 0 Å². The Bertz CT molecular complexity index is 397. The average molecular weight is 340 g/mol. The van der Waals surface area contributed by atoms with Crippen molar-refractivity contribution < 1.29 is 4.79 Å². The second-order valence-electron chi connectivity index (χ2n) is 4.30. The average Bonchev–Trinajstić information content (AvgIpc) is 2.84. The summed E-state index contributed by atoms with van der Waals surface area (Å²) in [6, 6.07) is 2.05. The maximum atomic E-state index is 12.1. The van der Waals surface area contributed by atoms with E-state index in [1.807, 2.05) is 23.3 Å². The Hall–Kier alpha value is -0.100. The number of hydrogen-bond donors (Lipinski definition) is 1. The highest BCUT2D eigenvalue weighted by molar-refractivity contribution is 9.11. The highest BCUT2D eigenvalue weighted by Crippen LogP contribution is 2.25. The number of carbonyl (C=O) groups excluding carboxylic acids is 1. The minimum atomic E-state index is 0. The number of halogens is 2. The predicted molar refractivity (Wildman–Crippen MR) is 76.9 cm³/mol. The van der Waals surface area contributed by atoms with Crippen LogP contribution in [0, 0.1) is 5.92 Å². The number of carbonyl (C=O) groups is 1. The minimum absolute atomic E-state index is 0. The van der Waals surface area contributed by atoms with E-state index in [1.54, 1.807) is 11.3 Å². The van der Waals surface area contributed by atoms with Crippen molar-refractivity contribution in [1.29, 1.82) is 0 Å². The number of thiophene rings is 1. The molecule has 0 aliphatic carbocycles. The third-order valence-corrected chi connectivity index (χ3v) is 4.57. The van der Waals surface area contributed by atoms with E-state index in [0.29, 0.717) is 5.92 Å². The first kappa shape index (κ1) is 15.0. The van der Waals surface area contributed by atoms with Gasteiger partial charge in [-0.15, -0.1) is 23.7 Å². The van der Waals surface area contributed by atoms with Gasteiger partial charge < -0.3 is 10.6 Å². The van der Waals surface area contributed by atoms with Gasteiger partial charge in [0.25, 0.3) is 5.91 Å². The van der Waals surface area contributed by atoms with Crippen molar-refractivity contribution in [1.82, 2.24) is 4.90 Å². The lowest BCUT2D eigenvalue weighted by atomic mass is 10.0. The number of amides is 1. The summed E-state index contributed by atoms with van der Waals surface area (Å²) in [4.78, 5) is 14.0. The minimum Gasteiger partial charge on any atom is -0.338 e. The molecule has 2 heterocycles. The summed E-state index contributed by atoms with van der Waals surface area (Å²) in [5.41, 5.74) is 6.64. The summed E-state index contributed by atoms with van der Waals surface area (Å²) < 4.78 is 0.999. The molecule has 1 fully saturated rings. The molecule has 0 spiro atoms. The lowest BCUT2D eigenvalue weighted by Crippen LogP contribution is -2.32. The molecule has 1 saturated heterocycles. The molecule has 0 aromatic carbocycles. The molecular weight excluding hydrogens is 324 g/mol. The molecule has 1 aliphatic heterocycles. The van der Waals surface area contributed by atoms with Crippen molar-refractivity contribution in [3.8, 4) is 0 Å². The Kier molecular flexibility index (Phi) is 5.44. The molecule has 2 unspecified atom stereocenters. The highest BCUT2D eigenvalue weighted by atomic mass is 79.9. The molecule has 0 radical (unpaired) electrons. The Labute approximate surface area is 120 Å². The zero-order chi connectivity index (χ0) is 11.7. The van der Waals surface area contributed by atoms with Gasteiger partial charge in [-0.3, -0.25) is 4.79 Å². The lowest BCUT2D eigenvalue weighted by Gasteiger charge is -2.17. The van der Waals surface area contributed by atoms with E-state index in [1.165, 1.54) is 0 Å². The molecule has 96 valence electrons. The maximum absolute atomic E-state index is 12.1. The van der Waals surface area contributed by atoms with Crippen LogP contribution in [0.15, 0.2) is 15.2 Å². The SMILES string of the molecule is CC(N)C1CCN(C(=O)c2csc(Br)c2)C1.Cl. The summed E-state index contributed by atoms with van der Waals surface area (Å²) in [6.07, 6.45) is 1.02. The van der Waals surface area contributed by atoms with Gasteiger partial charge >= 0.3 is 0 Å². The van der Waals surface area contributed by atoms with Gasteiger partial charge in [0, 0.05) is 24.5 Å². The monoisotopic (exact) mass is 338 g/mol. The Balaban J connectivity index is 0.00000144. The second kappa shape index (κ2) is 6.18. The lowest BCUT2D eigenvalue weighted by molar-refractivity contribution is 0.0786. The van der Waals surface area contributed by atoms with Gasteiger partial charge in [0.05, 0.1) is 9.35 Å². The molecule has 1 amide bonds. The van der Waals surface area contributed by atoms with Crippen LogP contribution in [0.25, 0.3) is 0 Å². The van der Waals surface area contributed by atoms with Crippen LogP contribution >= 0.6 is 39.7 Å². The van der Waals surface area contributed by atoms with E-state index in [9.17, 15) is 4.79 Å². The fourth-order valence-corrected chi connectivity index (χ4v) is 3.14. The standard InChI is InChI=1S/C11H15BrN2OS.ClH/c1-7(13)8-2-3-14(5-8)11(15)9-4-10(12)16-6-9;/h4,6-8H,2-3,5,13H2,1H3;1H. The number of nitrogens with zero attached hydrogens (tertiary/aromatic N) is 1. The molecule has 2 rings (SSSR count). The molecule has 3 nitrogen and oxygen atoms in total. The van der Waals surface area contributed by atoms with E-state index >= 15 is 0 Å². The number of nitrogens with two attached hydrogens (primary N) is 1. The van der Waals surface area contributed by atoms with E-state index in [2.05, 4.69) is 15.9 Å². The first-order valence-corrected chi connectivity index (χ1v) is 7.04. The normalized spacial score (nSPS) is 21.1. The first-order chi connectivity index (χ1) is 7.58. The molecule has 0 saturated carbocycles. The van der Waals surface area contributed by atoms with Gasteiger partial charge in [0.15, 0.2) is 0 Å². The summed E-state index contributed by atoms with van der Waals surface area (Å²) in [7, 11) is 0. The van der Waals surface area contributed by atoms with Crippen molar-refractivity contribution in [3.63, 3.8) is 0 Å². The van der Waals surface area contributed by atoms with Gasteiger partial charge in [-0.25, -0.2) is 0 Å². The molecule has 2 N–H and O–H groups in total. The van der Waals surface area contributed by atoms with Crippen molar-refractivity contribution in [2.45, 2.75) is 19.4 Å². The van der Waals surface area contributed by atoms with Crippen LogP contribution in [0.2, 0.25) is 0 Å². The zero-order valence-electron chi connectivity index (χ0n) is 9.56. The van der Waals surface area contributed by atoms with E-state index in [0.717, 1.165) is 28.9 Å². The topological polar surface area (TPSA) is 46.3 Å². The van der Waals surface area contributed by atoms with Crippen molar-refractivity contribution in [2.24, 2.45) is 11.7 Å². The van der Waals surface area contributed by atoms with Crippen molar-refractivity contribution in [2.75, 3.05) is 13.1 Å². The number of rotatable bonds is 2. The van der Waals surface area contributed by atoms with Crippen LogP contribution in [0.4, 0.5) is 0 Å². The summed E-state index contributed by atoms with van der Waals surface area (Å²) >= 11 is 4.91. The molecule has 0 bridgehead atoms. The Morgan fingerprint density at radius 1 is 1.71 bits per heavy atom. The summed E-state index contributed by atoms with van der Waals surface area (Å²) in [5.74, 6) is 0.580. The van der Waals surface area contributed by atoms with Gasteiger partial charge in [0.2, 0.25) is 0 Å². The number of likely N-dealkylation sites (tertiary alicyclic amines) is 1. The Morgan fingerprint density at radius 2 is 2.41 bits per heavy atom. The molecule has 17 heavy (non-hydrogen) atoms. The third kappa shape index (κ3) is 3.44. The smallest absolute Gasteiger partial charge is 0.254 e. The van der Waals surface area contributed by atoms with E-state index in [-0.39, 0.29) is 24.4 Å². The Morgan fingerprint density at radius 3 is 2.88 bits per heavy atom. The second-order valence-corrected chi connectivity index (χ2v) is 6.59. The predicted octanol–water partition coefficient (Wildman–Crippen LogP) is 2.74. The van der Waals surface area contributed by atoms with Gasteiger partial charge in [0.1, 0.15) is 0 Å².